The molecule has 5 rings (SSSR count). The fourth-order valence-electron chi connectivity index (χ4n) is 4.14. The zero-order valence-corrected chi connectivity index (χ0v) is 18.2. The number of hydrogen-bond acceptors (Lipinski definition) is 6. The number of thioether (sulfide) groups is 1. The van der Waals surface area contributed by atoms with Gasteiger partial charge in [0.05, 0.1) is 5.69 Å². The Morgan fingerprint density at radius 3 is 2.66 bits per heavy atom. The molecule has 0 spiro atoms. The maximum atomic E-state index is 13.4. The molecule has 0 bridgehead atoms. The molecular weight excluding hydrogens is 430 g/mol. The molecule has 0 aromatic heterocycles. The summed E-state index contributed by atoms with van der Waals surface area (Å²) >= 11 is 1.27. The maximum absolute atomic E-state index is 13.4. The number of carbonyl (C=O) groups excluding carboxylic acids is 3. The third-order valence-corrected chi connectivity index (χ3v) is 6.98. The van der Waals surface area contributed by atoms with E-state index in [1.54, 1.807) is 29.2 Å². The van der Waals surface area contributed by atoms with Gasteiger partial charge in [0, 0.05) is 29.7 Å². The van der Waals surface area contributed by atoms with Crippen LogP contribution in [0.2, 0.25) is 0 Å². The number of anilines is 2. The van der Waals surface area contributed by atoms with Gasteiger partial charge in [0.1, 0.15) is 6.54 Å². The second-order valence-corrected chi connectivity index (χ2v) is 9.04. The molecule has 0 radical (unpaired) electrons. The van der Waals surface area contributed by atoms with Crippen molar-refractivity contribution in [2.24, 2.45) is 0 Å². The van der Waals surface area contributed by atoms with E-state index >= 15 is 0 Å². The molecule has 2 aromatic rings. The summed E-state index contributed by atoms with van der Waals surface area (Å²) < 4.78 is 10.6. The van der Waals surface area contributed by atoms with Gasteiger partial charge in [0.2, 0.25) is 18.6 Å². The Balaban J connectivity index is 1.34. The molecule has 9 heteroatoms. The largest absolute Gasteiger partial charge is 0.454 e. The van der Waals surface area contributed by atoms with Crippen molar-refractivity contribution in [1.82, 2.24) is 4.90 Å². The number of nitrogens with one attached hydrogen (secondary N) is 1. The minimum absolute atomic E-state index is 0.149. The first-order valence-corrected chi connectivity index (χ1v) is 11.5. The number of nitrogens with zero attached hydrogens (tertiary/aromatic N) is 2. The molecule has 3 heterocycles. The maximum Gasteiger partial charge on any atom is 0.250 e. The van der Waals surface area contributed by atoms with E-state index in [4.69, 9.17) is 9.47 Å². The Morgan fingerprint density at radius 1 is 1.03 bits per heavy atom. The number of amides is 3. The first-order valence-electron chi connectivity index (χ1n) is 10.7. The minimum atomic E-state index is -0.874. The van der Waals surface area contributed by atoms with Crippen molar-refractivity contribution in [1.29, 1.82) is 0 Å². The lowest BCUT2D eigenvalue weighted by Crippen LogP contribution is -2.52. The number of fused-ring (bicyclic) bond motifs is 2. The Bertz CT molecular complexity index is 1070. The molecular formula is C23H23N3O5S. The van der Waals surface area contributed by atoms with Crippen LogP contribution < -0.4 is 19.7 Å². The van der Waals surface area contributed by atoms with Gasteiger partial charge in [-0.05, 0) is 43.5 Å². The van der Waals surface area contributed by atoms with Crippen LogP contribution in [0, 0.1) is 0 Å². The lowest BCUT2D eigenvalue weighted by Gasteiger charge is -2.36. The highest BCUT2D eigenvalue weighted by atomic mass is 32.2. The molecule has 166 valence electrons. The van der Waals surface area contributed by atoms with Crippen molar-refractivity contribution in [2.45, 2.75) is 29.4 Å². The second kappa shape index (κ2) is 8.74. The van der Waals surface area contributed by atoms with Gasteiger partial charge >= 0.3 is 0 Å². The molecule has 3 amide bonds. The number of rotatable bonds is 4. The smallest absolute Gasteiger partial charge is 0.250 e. The third-order valence-electron chi connectivity index (χ3n) is 5.74. The summed E-state index contributed by atoms with van der Waals surface area (Å²) in [7, 11) is 0. The van der Waals surface area contributed by atoms with E-state index in [-0.39, 0.29) is 31.1 Å². The van der Waals surface area contributed by atoms with Crippen molar-refractivity contribution < 1.29 is 23.9 Å². The first-order chi connectivity index (χ1) is 15.6. The summed E-state index contributed by atoms with van der Waals surface area (Å²) in [6.07, 6.45) is 3.01. The predicted octanol–water partition coefficient (Wildman–Crippen LogP) is 2.87. The van der Waals surface area contributed by atoms with Gasteiger partial charge in [-0.15, -0.1) is 11.8 Å². The van der Waals surface area contributed by atoms with Crippen molar-refractivity contribution in [3.8, 4) is 11.5 Å². The lowest BCUT2D eigenvalue weighted by atomic mass is 10.1. The number of benzene rings is 2. The molecule has 3 aliphatic rings. The van der Waals surface area contributed by atoms with Crippen LogP contribution in [0.4, 0.5) is 11.4 Å². The summed E-state index contributed by atoms with van der Waals surface area (Å²) in [6.45, 7) is 1.31. The normalized spacial score (nSPS) is 19.5. The zero-order valence-electron chi connectivity index (χ0n) is 17.4. The molecule has 1 fully saturated rings. The van der Waals surface area contributed by atoms with E-state index in [0.29, 0.717) is 36.0 Å². The van der Waals surface area contributed by atoms with Crippen LogP contribution in [-0.2, 0) is 14.4 Å². The van der Waals surface area contributed by atoms with Gasteiger partial charge in [0.15, 0.2) is 16.7 Å². The van der Waals surface area contributed by atoms with Gasteiger partial charge in [-0.25, -0.2) is 0 Å². The molecule has 3 aliphatic heterocycles. The first kappa shape index (κ1) is 20.7. The zero-order chi connectivity index (χ0) is 22.1. The fourth-order valence-corrected chi connectivity index (χ4v) is 5.32. The SMILES string of the molecule is O=C(CN1C(=O)[C@@H](C(=O)N2CCCCC2)Sc2ccccc21)Nc1ccc2c(c1)OCO2. The minimum Gasteiger partial charge on any atom is -0.454 e. The van der Waals surface area contributed by atoms with Crippen molar-refractivity contribution in [2.75, 3.05) is 36.6 Å². The van der Waals surface area contributed by atoms with Gasteiger partial charge in [-0.1, -0.05) is 12.1 Å². The van der Waals surface area contributed by atoms with Crippen molar-refractivity contribution in [3.05, 3.63) is 42.5 Å². The number of para-hydroxylation sites is 1. The summed E-state index contributed by atoms with van der Waals surface area (Å²) in [5, 5.41) is 1.93. The molecule has 0 unspecified atom stereocenters. The Morgan fingerprint density at radius 2 is 1.81 bits per heavy atom. The van der Waals surface area contributed by atoms with E-state index < -0.39 is 5.25 Å². The summed E-state index contributed by atoms with van der Waals surface area (Å²) in [5.74, 6) is 0.300. The van der Waals surface area contributed by atoms with E-state index in [0.717, 1.165) is 24.2 Å². The van der Waals surface area contributed by atoms with Crippen LogP contribution in [0.15, 0.2) is 47.4 Å². The van der Waals surface area contributed by atoms with E-state index in [2.05, 4.69) is 5.32 Å². The summed E-state index contributed by atoms with van der Waals surface area (Å²) in [5.41, 5.74) is 1.19. The van der Waals surface area contributed by atoms with Crippen molar-refractivity contribution >= 4 is 40.9 Å². The highest BCUT2D eigenvalue weighted by Crippen LogP contribution is 2.40. The quantitative estimate of drug-likeness (QED) is 0.717. The van der Waals surface area contributed by atoms with Crippen molar-refractivity contribution in [3.63, 3.8) is 0 Å². The van der Waals surface area contributed by atoms with Gasteiger partial charge < -0.3 is 24.6 Å². The molecule has 0 saturated carbocycles. The number of hydrogen-bond donors (Lipinski definition) is 1. The fraction of sp³-hybridized carbons (Fsp3) is 0.348. The lowest BCUT2D eigenvalue weighted by molar-refractivity contribution is -0.135. The van der Waals surface area contributed by atoms with Crippen LogP contribution in [0.1, 0.15) is 19.3 Å². The molecule has 0 aliphatic carbocycles. The Labute approximate surface area is 189 Å². The number of piperidine rings is 1. The highest BCUT2D eigenvalue weighted by molar-refractivity contribution is 8.01. The number of carbonyl (C=O) groups is 3. The van der Waals surface area contributed by atoms with Crippen LogP contribution >= 0.6 is 11.8 Å². The number of likely N-dealkylation sites (tertiary alicyclic amines) is 1. The van der Waals surface area contributed by atoms with Crippen LogP contribution in [0.25, 0.3) is 0 Å². The molecule has 1 atom stereocenters. The molecule has 32 heavy (non-hydrogen) atoms. The third kappa shape index (κ3) is 4.00. The predicted molar refractivity (Wildman–Crippen MR) is 120 cm³/mol. The molecule has 1 saturated heterocycles. The van der Waals surface area contributed by atoms with Gasteiger partial charge in [-0.3, -0.25) is 14.4 Å². The van der Waals surface area contributed by atoms with Gasteiger partial charge in [-0.2, -0.15) is 0 Å². The Kier molecular flexibility index (Phi) is 5.65. The second-order valence-electron chi connectivity index (χ2n) is 7.89. The van der Waals surface area contributed by atoms with E-state index in [9.17, 15) is 14.4 Å². The monoisotopic (exact) mass is 453 g/mol. The molecule has 8 nitrogen and oxygen atoms in total. The van der Waals surface area contributed by atoms with E-state index in [1.165, 1.54) is 16.7 Å². The van der Waals surface area contributed by atoms with Gasteiger partial charge in [0.25, 0.3) is 5.91 Å². The Hall–Kier alpha value is -3.20. The van der Waals surface area contributed by atoms with E-state index in [1.807, 2.05) is 18.2 Å². The summed E-state index contributed by atoms with van der Waals surface area (Å²) in [6, 6.07) is 12.5. The standard InChI is InChI=1S/C23H23N3O5S/c27-20(24-15-8-9-17-18(12-15)31-14-30-17)13-26-16-6-2-3-7-19(16)32-21(23(26)29)22(28)25-10-4-1-5-11-25/h2-3,6-9,12,21H,1,4-5,10-11,13-14H2,(H,24,27)/t21-/m1/s1. The summed E-state index contributed by atoms with van der Waals surface area (Å²) in [4.78, 5) is 43.3. The average molecular weight is 454 g/mol. The van der Waals surface area contributed by atoms with Crippen LogP contribution in [0.3, 0.4) is 0 Å². The molecule has 1 N–H and O–H groups in total. The number of ether oxygens (including phenoxy) is 2. The molecule has 2 aromatic carbocycles. The average Bonchev–Trinajstić information content (AvgIpc) is 3.29. The topological polar surface area (TPSA) is 88.2 Å². The van der Waals surface area contributed by atoms with Crippen LogP contribution in [-0.4, -0.2) is 54.3 Å². The van der Waals surface area contributed by atoms with Crippen LogP contribution in [0.5, 0.6) is 11.5 Å². The highest BCUT2D eigenvalue weighted by Gasteiger charge is 2.41.